The molecule has 4 nitrogen and oxygen atoms in total. The summed E-state index contributed by atoms with van der Waals surface area (Å²) in [5.74, 6) is 0.488. The van der Waals surface area contributed by atoms with Crippen LogP contribution in [0.4, 0.5) is 4.79 Å². The topological polar surface area (TPSA) is 46.6 Å². The summed E-state index contributed by atoms with van der Waals surface area (Å²) in [6.07, 6.45) is 1.75. The maximum Gasteiger partial charge on any atom is 0.293 e. The number of carbonyl (C=O) groups excluding carboxylic acids is 2. The Kier molecular flexibility index (Phi) is 6.99. The number of benzene rings is 3. The van der Waals surface area contributed by atoms with Crippen LogP contribution >= 0.6 is 46.0 Å². The molecule has 1 saturated heterocycles. The molecule has 4 rings (SSSR count). The predicted octanol–water partition coefficient (Wildman–Crippen LogP) is 6.76. The van der Waals surface area contributed by atoms with Crippen LogP contribution in [0.25, 0.3) is 6.08 Å². The maximum absolute atomic E-state index is 12.8. The summed E-state index contributed by atoms with van der Waals surface area (Å²) in [6.45, 7) is 0.711. The summed E-state index contributed by atoms with van der Waals surface area (Å²) >= 11 is 9.07. The van der Waals surface area contributed by atoms with E-state index in [0.717, 1.165) is 37.8 Å². The molecule has 0 aromatic heterocycles. The molecule has 0 N–H and O–H groups in total. The number of nitrogens with zero attached hydrogens (tertiary/aromatic N) is 1. The molecule has 1 aliphatic rings. The van der Waals surface area contributed by atoms with Gasteiger partial charge in [0.1, 0.15) is 12.4 Å². The van der Waals surface area contributed by atoms with Crippen molar-refractivity contribution < 1.29 is 14.3 Å². The van der Waals surface area contributed by atoms with Crippen LogP contribution in [-0.4, -0.2) is 16.0 Å². The average molecular weight is 562 g/mol. The van der Waals surface area contributed by atoms with E-state index in [1.807, 2.05) is 60.7 Å². The average Bonchev–Trinajstić information content (AvgIpc) is 3.03. The van der Waals surface area contributed by atoms with Gasteiger partial charge in [-0.15, -0.1) is 0 Å². The van der Waals surface area contributed by atoms with Crippen LogP contribution in [0.15, 0.2) is 77.7 Å². The SMILES string of the molecule is O=C1S/C(=C\c2ccc(OCc3ccccc3)c(I)c2)C(=O)N1Cc1ccc(Cl)cc1. The van der Waals surface area contributed by atoms with Crippen molar-refractivity contribution in [2.75, 3.05) is 0 Å². The van der Waals surface area contributed by atoms with Gasteiger partial charge in [-0.05, 0) is 81.4 Å². The zero-order chi connectivity index (χ0) is 21.8. The quantitative estimate of drug-likeness (QED) is 0.246. The highest BCUT2D eigenvalue weighted by Crippen LogP contribution is 2.34. The first-order valence-electron chi connectivity index (χ1n) is 9.46. The van der Waals surface area contributed by atoms with E-state index in [1.54, 1.807) is 18.2 Å². The molecule has 0 spiro atoms. The van der Waals surface area contributed by atoms with E-state index in [-0.39, 0.29) is 17.7 Å². The van der Waals surface area contributed by atoms with Crippen molar-refractivity contribution in [3.8, 4) is 5.75 Å². The summed E-state index contributed by atoms with van der Waals surface area (Å²) in [5, 5.41) is 0.340. The van der Waals surface area contributed by atoms with Crippen LogP contribution in [0.2, 0.25) is 5.02 Å². The Hall–Kier alpha value is -2.29. The number of ether oxygens (including phenoxy) is 1. The fourth-order valence-electron chi connectivity index (χ4n) is 3.02. The minimum atomic E-state index is -0.288. The van der Waals surface area contributed by atoms with Crippen LogP contribution in [0.3, 0.4) is 0 Å². The minimum Gasteiger partial charge on any atom is -0.488 e. The Labute approximate surface area is 203 Å². The number of carbonyl (C=O) groups is 2. The molecule has 7 heteroatoms. The molecule has 156 valence electrons. The van der Waals surface area contributed by atoms with Crippen molar-refractivity contribution in [3.05, 3.63) is 103 Å². The van der Waals surface area contributed by atoms with Crippen molar-refractivity contribution in [3.63, 3.8) is 0 Å². The molecule has 0 unspecified atom stereocenters. The fraction of sp³-hybridized carbons (Fsp3) is 0.0833. The van der Waals surface area contributed by atoms with Crippen LogP contribution in [0.5, 0.6) is 5.75 Å². The molecule has 0 saturated carbocycles. The van der Waals surface area contributed by atoms with E-state index in [1.165, 1.54) is 4.90 Å². The van der Waals surface area contributed by atoms with Gasteiger partial charge in [0.15, 0.2) is 0 Å². The standard InChI is InChI=1S/C24H17ClINO3S/c25-19-9-6-16(7-10-19)14-27-23(28)22(31-24(27)29)13-18-8-11-21(20(26)12-18)30-15-17-4-2-1-3-5-17/h1-13H,14-15H2/b22-13-. The largest absolute Gasteiger partial charge is 0.488 e. The summed E-state index contributed by atoms with van der Waals surface area (Å²) in [4.78, 5) is 26.8. The number of thioether (sulfide) groups is 1. The minimum absolute atomic E-state index is 0.225. The van der Waals surface area contributed by atoms with E-state index in [2.05, 4.69) is 22.6 Å². The molecule has 0 atom stereocenters. The van der Waals surface area contributed by atoms with Gasteiger partial charge in [0, 0.05) is 5.02 Å². The van der Waals surface area contributed by atoms with Gasteiger partial charge in [-0.3, -0.25) is 14.5 Å². The lowest BCUT2D eigenvalue weighted by molar-refractivity contribution is -0.123. The second-order valence-corrected chi connectivity index (χ2v) is 9.45. The van der Waals surface area contributed by atoms with Gasteiger partial charge in [0.2, 0.25) is 0 Å². The van der Waals surface area contributed by atoms with Gasteiger partial charge >= 0.3 is 0 Å². The van der Waals surface area contributed by atoms with Crippen molar-refractivity contribution in [2.24, 2.45) is 0 Å². The summed E-state index contributed by atoms with van der Waals surface area (Å²) in [6, 6.07) is 22.8. The van der Waals surface area contributed by atoms with Gasteiger partial charge in [-0.1, -0.05) is 60.1 Å². The number of halogens is 2. The van der Waals surface area contributed by atoms with Crippen LogP contribution in [-0.2, 0) is 17.9 Å². The number of amides is 2. The Bertz CT molecular complexity index is 1150. The highest BCUT2D eigenvalue weighted by molar-refractivity contribution is 14.1. The lowest BCUT2D eigenvalue weighted by Gasteiger charge is -2.12. The molecule has 31 heavy (non-hydrogen) atoms. The summed E-state index contributed by atoms with van der Waals surface area (Å²) in [7, 11) is 0. The molecule has 1 fully saturated rings. The zero-order valence-corrected chi connectivity index (χ0v) is 20.0. The number of hydrogen-bond acceptors (Lipinski definition) is 4. The first-order chi connectivity index (χ1) is 15.0. The molecular formula is C24H17ClINO3S. The molecule has 2 amide bonds. The predicted molar refractivity (Wildman–Crippen MR) is 133 cm³/mol. The Morgan fingerprint density at radius 3 is 2.42 bits per heavy atom. The van der Waals surface area contributed by atoms with E-state index < -0.39 is 0 Å². The van der Waals surface area contributed by atoms with Crippen molar-refractivity contribution in [1.82, 2.24) is 4.90 Å². The van der Waals surface area contributed by atoms with Gasteiger partial charge < -0.3 is 4.74 Å². The number of hydrogen-bond donors (Lipinski definition) is 0. The van der Waals surface area contributed by atoms with Gasteiger partial charge in [0.25, 0.3) is 11.1 Å². The highest BCUT2D eigenvalue weighted by Gasteiger charge is 2.35. The van der Waals surface area contributed by atoms with Crippen LogP contribution < -0.4 is 4.74 Å². The molecule has 1 aliphatic heterocycles. The second kappa shape index (κ2) is 9.89. The van der Waals surface area contributed by atoms with Crippen molar-refractivity contribution >= 4 is 63.2 Å². The van der Waals surface area contributed by atoms with E-state index in [9.17, 15) is 9.59 Å². The lowest BCUT2D eigenvalue weighted by Crippen LogP contribution is -2.27. The first kappa shape index (κ1) is 21.9. The Morgan fingerprint density at radius 2 is 1.71 bits per heavy atom. The third-order valence-electron chi connectivity index (χ3n) is 4.62. The van der Waals surface area contributed by atoms with E-state index in [0.29, 0.717) is 16.5 Å². The summed E-state index contributed by atoms with van der Waals surface area (Å²) in [5.41, 5.74) is 2.78. The molecular weight excluding hydrogens is 545 g/mol. The van der Waals surface area contributed by atoms with E-state index in [4.69, 9.17) is 16.3 Å². The molecule has 0 aliphatic carbocycles. The Balaban J connectivity index is 1.45. The lowest BCUT2D eigenvalue weighted by atomic mass is 10.2. The third-order valence-corrected chi connectivity index (χ3v) is 6.62. The smallest absolute Gasteiger partial charge is 0.293 e. The monoisotopic (exact) mass is 561 g/mol. The molecule has 1 heterocycles. The summed E-state index contributed by atoms with van der Waals surface area (Å²) < 4.78 is 6.84. The number of rotatable bonds is 6. The molecule has 0 radical (unpaired) electrons. The van der Waals surface area contributed by atoms with Gasteiger partial charge in [0.05, 0.1) is 15.0 Å². The Morgan fingerprint density at radius 1 is 0.968 bits per heavy atom. The van der Waals surface area contributed by atoms with E-state index >= 15 is 0 Å². The second-order valence-electron chi connectivity index (χ2n) is 6.86. The normalized spacial score (nSPS) is 15.0. The zero-order valence-electron chi connectivity index (χ0n) is 16.3. The molecule has 0 bridgehead atoms. The van der Waals surface area contributed by atoms with Crippen LogP contribution in [0.1, 0.15) is 16.7 Å². The third kappa shape index (κ3) is 5.50. The van der Waals surface area contributed by atoms with Gasteiger partial charge in [-0.2, -0.15) is 0 Å². The number of imide groups is 1. The molecule has 3 aromatic rings. The van der Waals surface area contributed by atoms with Gasteiger partial charge in [-0.25, -0.2) is 0 Å². The molecule has 3 aromatic carbocycles. The first-order valence-corrected chi connectivity index (χ1v) is 11.7. The fourth-order valence-corrected chi connectivity index (χ4v) is 4.68. The maximum atomic E-state index is 12.8. The van der Waals surface area contributed by atoms with Crippen molar-refractivity contribution in [1.29, 1.82) is 0 Å². The van der Waals surface area contributed by atoms with Crippen LogP contribution in [0, 0.1) is 3.57 Å². The van der Waals surface area contributed by atoms with Crippen molar-refractivity contribution in [2.45, 2.75) is 13.2 Å². The highest BCUT2D eigenvalue weighted by atomic mass is 127.